The lowest BCUT2D eigenvalue weighted by molar-refractivity contribution is -0.148. The molecule has 0 radical (unpaired) electrons. The lowest BCUT2D eigenvalue weighted by atomic mass is 9.61. The lowest BCUT2D eigenvalue weighted by Crippen LogP contribution is -2.57. The number of nitrogens with zero attached hydrogens (tertiary/aromatic N) is 2. The van der Waals surface area contributed by atoms with Gasteiger partial charge in [0.1, 0.15) is 5.60 Å². The fourth-order valence-electron chi connectivity index (χ4n) is 5.46. The second-order valence-corrected chi connectivity index (χ2v) is 8.36. The van der Waals surface area contributed by atoms with Crippen molar-refractivity contribution >= 4 is 23.2 Å². The normalized spacial score (nSPS) is 38.5. The molecule has 1 aromatic rings. The Kier molecular flexibility index (Phi) is 3.82. The Morgan fingerprint density at radius 2 is 1.90 bits per heavy atom. The van der Waals surface area contributed by atoms with E-state index in [-0.39, 0.29) is 12.1 Å². The molecule has 9 heteroatoms. The quantitative estimate of drug-likeness (QED) is 0.601. The molecule has 3 heterocycles. The number of hydrogen-bond acceptors (Lipinski definition) is 4. The van der Waals surface area contributed by atoms with Crippen molar-refractivity contribution in [2.24, 2.45) is 11.8 Å². The number of alkyl halides is 3. The van der Waals surface area contributed by atoms with Crippen LogP contribution in [-0.2, 0) is 20.5 Å². The number of carbonyl (C=O) groups excluding carboxylic acids is 2. The Hall–Kier alpha value is -2.44. The summed E-state index contributed by atoms with van der Waals surface area (Å²) in [6.07, 6.45) is -4.34. The number of ether oxygens (including phenoxy) is 1. The highest BCUT2D eigenvalue weighted by Crippen LogP contribution is 2.65. The second-order valence-electron chi connectivity index (χ2n) is 8.36. The summed E-state index contributed by atoms with van der Waals surface area (Å²) in [6.45, 7) is 11.9. The topological polar surface area (TPSA) is 71.2 Å². The van der Waals surface area contributed by atoms with E-state index in [2.05, 4.69) is 4.85 Å². The number of imide groups is 1. The van der Waals surface area contributed by atoms with Crippen molar-refractivity contribution in [2.45, 2.75) is 56.6 Å². The number of fused-ring (bicyclic) bond motifs is 5. The smallest absolute Gasteiger partial charge is 0.387 e. The van der Waals surface area contributed by atoms with Crippen LogP contribution < -0.4 is 4.90 Å². The molecular formula is C20H19F3N2O4. The van der Waals surface area contributed by atoms with Gasteiger partial charge in [-0.2, -0.15) is 13.2 Å². The van der Waals surface area contributed by atoms with Crippen molar-refractivity contribution in [1.29, 1.82) is 0 Å². The van der Waals surface area contributed by atoms with Gasteiger partial charge >= 0.3 is 6.18 Å². The molecule has 29 heavy (non-hydrogen) atoms. The highest BCUT2D eigenvalue weighted by Gasteiger charge is 2.79. The van der Waals surface area contributed by atoms with E-state index in [1.807, 2.05) is 0 Å². The van der Waals surface area contributed by atoms with E-state index in [1.54, 1.807) is 20.8 Å². The molecule has 6 nitrogen and oxygen atoms in total. The molecule has 1 aromatic carbocycles. The molecule has 5 atom stereocenters. The summed E-state index contributed by atoms with van der Waals surface area (Å²) in [7, 11) is 0. The molecule has 0 spiro atoms. The Balaban J connectivity index is 1.82. The summed E-state index contributed by atoms with van der Waals surface area (Å²) < 4.78 is 46.1. The van der Waals surface area contributed by atoms with Crippen molar-refractivity contribution in [3.8, 4) is 0 Å². The highest BCUT2D eigenvalue weighted by atomic mass is 19.4. The molecule has 3 aliphatic heterocycles. The number of halogens is 3. The maximum Gasteiger partial charge on any atom is 0.407 e. The first kappa shape index (κ1) is 19.9. The van der Waals surface area contributed by atoms with Crippen molar-refractivity contribution < 1.29 is 32.6 Å². The monoisotopic (exact) mass is 408 g/mol. The summed E-state index contributed by atoms with van der Waals surface area (Å²) in [5.74, 6) is -3.22. The molecule has 3 fully saturated rings. The van der Waals surface area contributed by atoms with Gasteiger partial charge in [-0.3, -0.25) is 9.59 Å². The largest absolute Gasteiger partial charge is 0.407 e. The third kappa shape index (κ3) is 2.30. The van der Waals surface area contributed by atoms with Gasteiger partial charge in [0.15, 0.2) is 5.69 Å². The van der Waals surface area contributed by atoms with Crippen LogP contribution in [0.3, 0.4) is 0 Å². The zero-order chi connectivity index (χ0) is 21.6. The predicted molar refractivity (Wildman–Crippen MR) is 94.9 cm³/mol. The van der Waals surface area contributed by atoms with Crippen LogP contribution >= 0.6 is 0 Å². The minimum absolute atomic E-state index is 0.158. The van der Waals surface area contributed by atoms with Crippen LogP contribution in [0.5, 0.6) is 0 Å². The Morgan fingerprint density at radius 3 is 2.45 bits per heavy atom. The molecule has 1 N–H and O–H groups in total. The molecule has 154 valence electrons. The standard InChI is InChI=1S/C20H19F3N2O4/c1-5-19(28)9-17(2)13-14(18(19,3)29-17)16(27)25(15(13)26)10-6-7-12(24-4)11(8-10)20(21,22)23/h6-8,13-14,28H,5,9H2,1-3H3/t13-,14+,17?,18?,19+/m1/s1. The third-order valence-electron chi connectivity index (χ3n) is 6.82. The van der Waals surface area contributed by atoms with Crippen LogP contribution in [0, 0.1) is 18.4 Å². The second kappa shape index (κ2) is 5.58. The van der Waals surface area contributed by atoms with Crippen molar-refractivity contribution in [1.82, 2.24) is 0 Å². The van der Waals surface area contributed by atoms with Gasteiger partial charge in [-0.1, -0.05) is 13.0 Å². The molecule has 3 saturated heterocycles. The average Bonchev–Trinajstić information content (AvgIpc) is 3.13. The van der Waals surface area contributed by atoms with Gasteiger partial charge in [0.05, 0.1) is 35.2 Å². The minimum Gasteiger partial charge on any atom is -0.387 e. The van der Waals surface area contributed by atoms with E-state index < -0.39 is 57.9 Å². The number of rotatable bonds is 2. The summed E-state index contributed by atoms with van der Waals surface area (Å²) in [6, 6.07) is 2.78. The molecule has 0 saturated carbocycles. The Bertz CT molecular complexity index is 987. The first-order valence-electron chi connectivity index (χ1n) is 9.22. The van der Waals surface area contributed by atoms with E-state index in [1.165, 1.54) is 6.07 Å². The fourth-order valence-corrected chi connectivity index (χ4v) is 5.46. The van der Waals surface area contributed by atoms with E-state index >= 15 is 0 Å². The minimum atomic E-state index is -4.81. The average molecular weight is 408 g/mol. The Morgan fingerprint density at radius 1 is 1.28 bits per heavy atom. The van der Waals surface area contributed by atoms with Crippen LogP contribution in [0.1, 0.15) is 39.2 Å². The first-order chi connectivity index (χ1) is 13.3. The summed E-state index contributed by atoms with van der Waals surface area (Å²) in [5.41, 5.74) is -5.77. The first-order valence-corrected chi connectivity index (χ1v) is 9.22. The number of anilines is 1. The molecule has 4 rings (SSSR count). The molecule has 2 amide bonds. The van der Waals surface area contributed by atoms with Crippen molar-refractivity contribution in [3.05, 3.63) is 35.2 Å². The van der Waals surface area contributed by atoms with Gasteiger partial charge in [0, 0.05) is 12.1 Å². The molecule has 3 aliphatic rings. The molecule has 0 aliphatic carbocycles. The molecular weight excluding hydrogens is 389 g/mol. The third-order valence-corrected chi connectivity index (χ3v) is 6.82. The fraction of sp³-hybridized carbons (Fsp3) is 0.550. The predicted octanol–water partition coefficient (Wildman–Crippen LogP) is 3.45. The highest BCUT2D eigenvalue weighted by molar-refractivity contribution is 6.23. The van der Waals surface area contributed by atoms with Crippen LogP contribution in [0.25, 0.3) is 4.85 Å². The van der Waals surface area contributed by atoms with Crippen molar-refractivity contribution in [2.75, 3.05) is 4.90 Å². The summed E-state index contributed by atoms with van der Waals surface area (Å²) in [4.78, 5) is 30.0. The summed E-state index contributed by atoms with van der Waals surface area (Å²) >= 11 is 0. The zero-order valence-corrected chi connectivity index (χ0v) is 16.0. The van der Waals surface area contributed by atoms with Crippen molar-refractivity contribution in [3.63, 3.8) is 0 Å². The number of hydrogen-bond donors (Lipinski definition) is 1. The van der Waals surface area contributed by atoms with Gasteiger partial charge in [0.25, 0.3) is 0 Å². The summed E-state index contributed by atoms with van der Waals surface area (Å²) in [5, 5.41) is 11.1. The van der Waals surface area contributed by atoms with Crippen LogP contribution in [0.2, 0.25) is 0 Å². The SMILES string of the molecule is [C-]#[N+]c1ccc(N2C(=O)[C@@H]3[C@H](C2=O)C2(C)C[C@@](O)(CC)C3(C)O2)cc1C(F)(F)F. The van der Waals surface area contributed by atoms with Gasteiger partial charge in [-0.25, -0.2) is 9.74 Å². The molecule has 0 aromatic heterocycles. The number of carbonyl (C=O) groups is 2. The van der Waals surface area contributed by atoms with Crippen LogP contribution in [0.4, 0.5) is 24.5 Å². The maximum absolute atomic E-state index is 13.3. The number of benzene rings is 1. The number of amides is 2. The van der Waals surface area contributed by atoms with Crippen LogP contribution in [0.15, 0.2) is 18.2 Å². The van der Waals surface area contributed by atoms with Gasteiger partial charge in [-0.05, 0) is 32.4 Å². The van der Waals surface area contributed by atoms with Gasteiger partial charge in [-0.15, -0.1) is 0 Å². The van der Waals surface area contributed by atoms with E-state index in [0.717, 1.165) is 11.0 Å². The lowest BCUT2D eigenvalue weighted by Gasteiger charge is -2.42. The van der Waals surface area contributed by atoms with E-state index in [0.29, 0.717) is 12.5 Å². The molecule has 2 unspecified atom stereocenters. The van der Waals surface area contributed by atoms with Crippen LogP contribution in [-0.4, -0.2) is 33.7 Å². The molecule has 2 bridgehead atoms. The van der Waals surface area contributed by atoms with Gasteiger partial charge in [0.2, 0.25) is 11.8 Å². The van der Waals surface area contributed by atoms with Gasteiger partial charge < -0.3 is 9.84 Å². The number of aliphatic hydroxyl groups is 1. The zero-order valence-electron chi connectivity index (χ0n) is 16.0. The maximum atomic E-state index is 13.3. The van der Waals surface area contributed by atoms with E-state index in [4.69, 9.17) is 11.3 Å². The van der Waals surface area contributed by atoms with E-state index in [9.17, 15) is 27.9 Å². The Labute approximate surface area is 165 Å².